The molecule has 0 aliphatic rings. The highest BCUT2D eigenvalue weighted by Crippen LogP contribution is 2.24. The third kappa shape index (κ3) is 3.68. The third-order valence-corrected chi connectivity index (χ3v) is 3.37. The quantitative estimate of drug-likeness (QED) is 0.728. The highest BCUT2D eigenvalue weighted by Gasteiger charge is 2.14. The summed E-state index contributed by atoms with van der Waals surface area (Å²) >= 11 is 0. The van der Waals surface area contributed by atoms with Crippen molar-refractivity contribution in [2.24, 2.45) is 0 Å². The van der Waals surface area contributed by atoms with Crippen molar-refractivity contribution in [1.82, 2.24) is 10.5 Å². The van der Waals surface area contributed by atoms with Crippen LogP contribution in [0.2, 0.25) is 0 Å². The zero-order valence-corrected chi connectivity index (χ0v) is 12.5. The summed E-state index contributed by atoms with van der Waals surface area (Å²) in [5, 5.41) is 6.12. The van der Waals surface area contributed by atoms with Crippen LogP contribution >= 0.6 is 0 Å². The van der Waals surface area contributed by atoms with Gasteiger partial charge in [0.2, 0.25) is 0 Å². The number of nitrogens with zero attached hydrogens (tertiary/aromatic N) is 1. The predicted octanol–water partition coefficient (Wildman–Crippen LogP) is 3.83. The van der Waals surface area contributed by atoms with Crippen molar-refractivity contribution in [2.45, 2.75) is 6.54 Å². The first kappa shape index (κ1) is 16.7. The summed E-state index contributed by atoms with van der Waals surface area (Å²) in [6.45, 7) is -0.0792. The van der Waals surface area contributed by atoms with Gasteiger partial charge in [0.25, 0.3) is 5.91 Å². The molecule has 0 saturated carbocycles. The second-order valence-electron chi connectivity index (χ2n) is 5.12. The Labute approximate surface area is 139 Å². The van der Waals surface area contributed by atoms with Gasteiger partial charge in [-0.15, -0.1) is 0 Å². The monoisotopic (exact) mass is 350 g/mol. The van der Waals surface area contributed by atoms with E-state index in [4.69, 9.17) is 4.52 Å². The number of nitrogens with one attached hydrogen (secondary N) is 1. The lowest BCUT2D eigenvalue weighted by atomic mass is 10.1. The Balaban J connectivity index is 1.69. The minimum absolute atomic E-state index is 0.0204. The van der Waals surface area contributed by atoms with Crippen molar-refractivity contribution in [3.8, 4) is 11.3 Å². The number of halogens is 4. The maximum absolute atomic E-state index is 13.7. The highest BCUT2D eigenvalue weighted by atomic mass is 19.2. The molecule has 0 bridgehead atoms. The molecule has 3 rings (SSSR count). The fraction of sp³-hybridized carbons (Fsp3) is 0.0588. The van der Waals surface area contributed by atoms with Crippen molar-refractivity contribution in [3.63, 3.8) is 0 Å². The van der Waals surface area contributed by atoms with E-state index in [0.29, 0.717) is 6.07 Å². The van der Waals surface area contributed by atoms with Crippen LogP contribution in [0, 0.1) is 23.3 Å². The number of benzene rings is 2. The third-order valence-electron chi connectivity index (χ3n) is 3.37. The van der Waals surface area contributed by atoms with E-state index in [2.05, 4.69) is 10.5 Å². The van der Waals surface area contributed by atoms with E-state index in [-0.39, 0.29) is 29.1 Å². The van der Waals surface area contributed by atoms with E-state index in [1.54, 1.807) is 0 Å². The summed E-state index contributed by atoms with van der Waals surface area (Å²) < 4.78 is 57.5. The molecule has 1 amide bonds. The summed E-state index contributed by atoms with van der Waals surface area (Å²) in [5.74, 6) is -4.30. The predicted molar refractivity (Wildman–Crippen MR) is 79.4 cm³/mol. The van der Waals surface area contributed by atoms with Gasteiger partial charge in [-0.2, -0.15) is 0 Å². The van der Waals surface area contributed by atoms with Gasteiger partial charge in [0.15, 0.2) is 17.4 Å². The Kier molecular flexibility index (Phi) is 4.51. The van der Waals surface area contributed by atoms with Crippen molar-refractivity contribution in [2.75, 3.05) is 0 Å². The van der Waals surface area contributed by atoms with Crippen molar-refractivity contribution >= 4 is 5.91 Å². The van der Waals surface area contributed by atoms with Crippen LogP contribution in [0.15, 0.2) is 47.0 Å². The van der Waals surface area contributed by atoms with Crippen molar-refractivity contribution in [3.05, 3.63) is 77.0 Å². The van der Waals surface area contributed by atoms with E-state index < -0.39 is 29.2 Å². The summed E-state index contributed by atoms with van der Waals surface area (Å²) in [6.07, 6.45) is 0. The first-order chi connectivity index (χ1) is 11.9. The Bertz CT molecular complexity index is 940. The summed E-state index contributed by atoms with van der Waals surface area (Å²) in [4.78, 5) is 11.9. The number of hydrogen-bond donors (Lipinski definition) is 1. The topological polar surface area (TPSA) is 55.1 Å². The Morgan fingerprint density at radius 2 is 1.76 bits per heavy atom. The van der Waals surface area contributed by atoms with Gasteiger partial charge in [-0.1, -0.05) is 5.16 Å². The van der Waals surface area contributed by atoms with E-state index in [9.17, 15) is 22.4 Å². The lowest BCUT2D eigenvalue weighted by Crippen LogP contribution is -2.23. The number of amides is 1. The molecule has 0 fully saturated rings. The van der Waals surface area contributed by atoms with Gasteiger partial charge in [0.05, 0.1) is 12.1 Å². The molecule has 4 nitrogen and oxygen atoms in total. The molecule has 0 spiro atoms. The standard InChI is InChI=1S/C17H10F4N2O2/c18-10-2-3-12(14(20)6-10)16-7-11(23-25-16)8-22-17(24)9-1-4-13(19)15(21)5-9/h1-7H,8H2,(H,22,24). The molecule has 0 aliphatic carbocycles. The number of aromatic nitrogens is 1. The molecule has 0 unspecified atom stereocenters. The van der Waals surface area contributed by atoms with Crippen LogP contribution in [0.25, 0.3) is 11.3 Å². The van der Waals surface area contributed by atoms with Gasteiger partial charge in [-0.25, -0.2) is 17.6 Å². The Hall–Kier alpha value is -3.16. The van der Waals surface area contributed by atoms with Crippen LogP contribution < -0.4 is 5.32 Å². The number of carbonyl (C=O) groups excluding carboxylic acids is 1. The molecular weight excluding hydrogens is 340 g/mol. The average molecular weight is 350 g/mol. The number of carbonyl (C=O) groups is 1. The molecule has 1 heterocycles. The van der Waals surface area contributed by atoms with E-state index >= 15 is 0 Å². The molecule has 1 aromatic heterocycles. The van der Waals surface area contributed by atoms with Crippen molar-refractivity contribution in [1.29, 1.82) is 0 Å². The number of rotatable bonds is 4. The largest absolute Gasteiger partial charge is 0.356 e. The minimum Gasteiger partial charge on any atom is -0.356 e. The van der Waals surface area contributed by atoms with Gasteiger partial charge in [-0.3, -0.25) is 4.79 Å². The zero-order valence-electron chi connectivity index (χ0n) is 12.5. The molecule has 1 N–H and O–H groups in total. The second kappa shape index (κ2) is 6.76. The van der Waals surface area contributed by atoms with Crippen LogP contribution in [0.4, 0.5) is 17.6 Å². The van der Waals surface area contributed by atoms with Gasteiger partial charge >= 0.3 is 0 Å². The van der Waals surface area contributed by atoms with E-state index in [0.717, 1.165) is 24.3 Å². The minimum atomic E-state index is -1.14. The van der Waals surface area contributed by atoms with Crippen molar-refractivity contribution < 1.29 is 26.9 Å². The summed E-state index contributed by atoms with van der Waals surface area (Å²) in [5.41, 5.74) is 0.230. The summed E-state index contributed by atoms with van der Waals surface area (Å²) in [6, 6.07) is 7.11. The SMILES string of the molecule is O=C(NCc1cc(-c2ccc(F)cc2F)on1)c1ccc(F)c(F)c1. The first-order valence-electron chi connectivity index (χ1n) is 7.08. The lowest BCUT2D eigenvalue weighted by Gasteiger charge is -2.03. The second-order valence-corrected chi connectivity index (χ2v) is 5.12. The molecule has 3 aromatic rings. The van der Waals surface area contributed by atoms with Gasteiger partial charge in [0, 0.05) is 17.7 Å². The van der Waals surface area contributed by atoms with E-state index in [1.807, 2.05) is 0 Å². The molecular formula is C17H10F4N2O2. The highest BCUT2D eigenvalue weighted by molar-refractivity contribution is 5.94. The Morgan fingerprint density at radius 3 is 2.48 bits per heavy atom. The zero-order chi connectivity index (χ0) is 18.0. The van der Waals surface area contributed by atoms with E-state index in [1.165, 1.54) is 12.1 Å². The smallest absolute Gasteiger partial charge is 0.251 e. The average Bonchev–Trinajstić information content (AvgIpc) is 3.04. The first-order valence-corrected chi connectivity index (χ1v) is 7.08. The summed E-state index contributed by atoms with van der Waals surface area (Å²) in [7, 11) is 0. The maximum Gasteiger partial charge on any atom is 0.251 e. The lowest BCUT2D eigenvalue weighted by molar-refractivity contribution is 0.0949. The van der Waals surface area contributed by atoms with Crippen LogP contribution in [0.3, 0.4) is 0 Å². The Morgan fingerprint density at radius 1 is 0.960 bits per heavy atom. The van der Waals surface area contributed by atoms with Crippen LogP contribution in [0.5, 0.6) is 0 Å². The molecule has 128 valence electrons. The molecule has 0 aliphatic heterocycles. The van der Waals surface area contributed by atoms with Gasteiger partial charge < -0.3 is 9.84 Å². The maximum atomic E-state index is 13.7. The molecule has 25 heavy (non-hydrogen) atoms. The van der Waals surface area contributed by atoms with Gasteiger partial charge in [-0.05, 0) is 30.3 Å². The molecule has 0 radical (unpaired) electrons. The molecule has 0 atom stereocenters. The van der Waals surface area contributed by atoms with Crippen LogP contribution in [-0.2, 0) is 6.54 Å². The molecule has 8 heteroatoms. The molecule has 0 saturated heterocycles. The fourth-order valence-corrected chi connectivity index (χ4v) is 2.12. The number of hydrogen-bond acceptors (Lipinski definition) is 3. The molecule has 2 aromatic carbocycles. The van der Waals surface area contributed by atoms with Gasteiger partial charge in [0.1, 0.15) is 17.3 Å². The normalized spacial score (nSPS) is 10.7. The fourth-order valence-electron chi connectivity index (χ4n) is 2.12. The van der Waals surface area contributed by atoms with Crippen LogP contribution in [-0.4, -0.2) is 11.1 Å². The van der Waals surface area contributed by atoms with Crippen LogP contribution in [0.1, 0.15) is 16.1 Å².